The van der Waals surface area contributed by atoms with Crippen molar-refractivity contribution in [3.05, 3.63) is 64.1 Å². The Labute approximate surface area is 270 Å². The molecular formula is C31H28ClF3N8O2S. The number of fused-ring (bicyclic) bond motifs is 2. The van der Waals surface area contributed by atoms with E-state index in [2.05, 4.69) is 15.0 Å². The van der Waals surface area contributed by atoms with Gasteiger partial charge in [0.05, 0.1) is 40.6 Å². The lowest BCUT2D eigenvalue weighted by atomic mass is 9.96. The molecule has 1 fully saturated rings. The van der Waals surface area contributed by atoms with E-state index in [-0.39, 0.29) is 61.1 Å². The Bertz CT molecular complexity index is 2050. The molecule has 4 heterocycles. The summed E-state index contributed by atoms with van der Waals surface area (Å²) in [6.45, 7) is 2.53. The zero-order chi connectivity index (χ0) is 33.0. The minimum atomic E-state index is -1.13. The Hall–Kier alpha value is -4.42. The highest BCUT2D eigenvalue weighted by atomic mass is 35.5. The molecule has 0 amide bonds. The van der Waals surface area contributed by atoms with E-state index in [4.69, 9.17) is 32.5 Å². The molecule has 46 heavy (non-hydrogen) atoms. The largest absolute Gasteiger partial charge is 0.456 e. The third-order valence-electron chi connectivity index (χ3n) is 8.26. The summed E-state index contributed by atoms with van der Waals surface area (Å²) in [5.74, 6) is -2.54. The number of hydrogen-bond acceptors (Lipinski definition) is 11. The van der Waals surface area contributed by atoms with Crippen LogP contribution in [0.15, 0.2) is 30.5 Å². The average Bonchev–Trinajstić information content (AvgIpc) is 3.62. The van der Waals surface area contributed by atoms with Crippen LogP contribution in [0, 0.1) is 28.8 Å². The number of nitrogens with two attached hydrogens (primary N) is 2. The third-order valence-corrected chi connectivity index (χ3v) is 9.58. The second kappa shape index (κ2) is 12.1. The van der Waals surface area contributed by atoms with Gasteiger partial charge in [-0.05, 0) is 33.2 Å². The van der Waals surface area contributed by atoms with E-state index in [0.29, 0.717) is 24.1 Å². The Morgan fingerprint density at radius 1 is 1.13 bits per heavy atom. The van der Waals surface area contributed by atoms with Crippen LogP contribution in [0.1, 0.15) is 24.1 Å². The van der Waals surface area contributed by atoms with Crippen LogP contribution in [0.5, 0.6) is 6.01 Å². The van der Waals surface area contributed by atoms with Gasteiger partial charge in [0.2, 0.25) is 0 Å². The number of likely N-dealkylation sites (N-methyl/N-ethyl adjacent to an activating group) is 1. The molecule has 15 heteroatoms. The van der Waals surface area contributed by atoms with Crippen LogP contribution in [0.25, 0.3) is 32.1 Å². The molecule has 1 aliphatic rings. The molecule has 0 aliphatic carbocycles. The first-order chi connectivity index (χ1) is 21.9. The number of halogens is 4. The number of anilines is 3. The number of pyridine rings is 1. The summed E-state index contributed by atoms with van der Waals surface area (Å²) < 4.78 is 59.1. The van der Waals surface area contributed by atoms with Crippen molar-refractivity contribution in [2.75, 3.05) is 50.7 Å². The lowest BCUT2D eigenvalue weighted by molar-refractivity contribution is 0.117. The van der Waals surface area contributed by atoms with Crippen molar-refractivity contribution in [1.82, 2.24) is 19.9 Å². The van der Waals surface area contributed by atoms with Crippen molar-refractivity contribution in [1.29, 1.82) is 5.26 Å². The summed E-state index contributed by atoms with van der Waals surface area (Å²) >= 11 is 7.48. The molecule has 2 aromatic carbocycles. The molecule has 238 valence electrons. The Balaban J connectivity index is 1.61. The molecule has 3 atom stereocenters. The lowest BCUT2D eigenvalue weighted by Crippen LogP contribution is -2.41. The second-order valence-electron chi connectivity index (χ2n) is 11.1. The van der Waals surface area contributed by atoms with Crippen molar-refractivity contribution < 1.29 is 22.6 Å². The zero-order valence-corrected chi connectivity index (χ0v) is 26.7. The van der Waals surface area contributed by atoms with Gasteiger partial charge in [0.15, 0.2) is 5.82 Å². The molecule has 0 unspecified atom stereocenters. The topological polar surface area (TPSA) is 139 Å². The minimum Gasteiger partial charge on any atom is -0.456 e. The maximum absolute atomic E-state index is 16.9. The van der Waals surface area contributed by atoms with Crippen LogP contribution in [0.2, 0.25) is 5.02 Å². The monoisotopic (exact) mass is 668 g/mol. The number of nitriles is 1. The number of hydrogen-bond donors (Lipinski definition) is 2. The molecule has 6 rings (SSSR count). The quantitative estimate of drug-likeness (QED) is 0.215. The van der Waals surface area contributed by atoms with Crippen LogP contribution >= 0.6 is 22.9 Å². The van der Waals surface area contributed by atoms with Crippen molar-refractivity contribution in [2.45, 2.75) is 25.1 Å². The molecule has 0 radical (unpaired) electrons. The van der Waals surface area contributed by atoms with Gasteiger partial charge < -0.3 is 30.7 Å². The highest BCUT2D eigenvalue weighted by Crippen LogP contribution is 2.47. The minimum absolute atomic E-state index is 0.0413. The van der Waals surface area contributed by atoms with Gasteiger partial charge in [-0.2, -0.15) is 15.2 Å². The zero-order valence-electron chi connectivity index (χ0n) is 25.1. The first-order valence-corrected chi connectivity index (χ1v) is 15.3. The molecule has 1 saturated heterocycles. The number of thiophene rings is 1. The van der Waals surface area contributed by atoms with E-state index in [1.165, 1.54) is 6.07 Å². The van der Waals surface area contributed by atoms with Gasteiger partial charge in [0.1, 0.15) is 46.0 Å². The Morgan fingerprint density at radius 2 is 1.89 bits per heavy atom. The molecule has 3 aromatic heterocycles. The fourth-order valence-corrected chi connectivity index (χ4v) is 6.94. The molecule has 5 aromatic rings. The molecule has 10 nitrogen and oxygen atoms in total. The van der Waals surface area contributed by atoms with E-state index < -0.39 is 40.7 Å². The molecule has 0 saturated carbocycles. The van der Waals surface area contributed by atoms with Crippen molar-refractivity contribution >= 4 is 60.6 Å². The highest BCUT2D eigenvalue weighted by molar-refractivity contribution is 7.23. The molecular weight excluding hydrogens is 641 g/mol. The lowest BCUT2D eigenvalue weighted by Gasteiger charge is -2.29. The van der Waals surface area contributed by atoms with Crippen LogP contribution in [-0.4, -0.2) is 66.4 Å². The van der Waals surface area contributed by atoms with E-state index in [0.717, 1.165) is 11.3 Å². The standard InChI is InChI=1S/C31H28ClF3N8O2S/c1-13(14-6-5-7-39-28(14)37)43(4)30-15-8-17(32)23(24-18(33)9-19(34)27-22(24)16(10-36)29(38)46-27)25(35)26(15)40-31(41-30)45-21-12-44-11-20(21)42(2)3/h5-9,13,20-21H,11-12,38H2,1-4H3,(H2,37,39)/t13-,20+,21-/m1/s1. The highest BCUT2D eigenvalue weighted by Gasteiger charge is 2.34. The van der Waals surface area contributed by atoms with E-state index >= 15 is 8.78 Å². The number of rotatable bonds is 7. The summed E-state index contributed by atoms with van der Waals surface area (Å²) in [6.07, 6.45) is 1.09. The van der Waals surface area contributed by atoms with Gasteiger partial charge in [0, 0.05) is 46.8 Å². The molecule has 1 aliphatic heterocycles. The van der Waals surface area contributed by atoms with Gasteiger partial charge in [-0.3, -0.25) is 0 Å². The maximum atomic E-state index is 16.9. The average molecular weight is 669 g/mol. The van der Waals surface area contributed by atoms with Crippen molar-refractivity contribution in [2.24, 2.45) is 0 Å². The predicted molar refractivity (Wildman–Crippen MR) is 173 cm³/mol. The van der Waals surface area contributed by atoms with Gasteiger partial charge in [0.25, 0.3) is 0 Å². The number of benzene rings is 2. The molecule has 4 N–H and O–H groups in total. The van der Waals surface area contributed by atoms with Crippen LogP contribution < -0.4 is 21.1 Å². The van der Waals surface area contributed by atoms with Crippen molar-refractivity contribution in [3.8, 4) is 23.2 Å². The maximum Gasteiger partial charge on any atom is 0.319 e. The fourth-order valence-electron chi connectivity index (χ4n) is 5.72. The van der Waals surface area contributed by atoms with E-state index in [1.54, 1.807) is 24.2 Å². The van der Waals surface area contributed by atoms with Crippen LogP contribution in [0.4, 0.5) is 29.8 Å². The van der Waals surface area contributed by atoms with E-state index in [1.807, 2.05) is 38.1 Å². The number of nitrogen functional groups attached to an aromatic ring is 2. The predicted octanol–water partition coefficient (Wildman–Crippen LogP) is 5.92. The van der Waals surface area contributed by atoms with Gasteiger partial charge >= 0.3 is 6.01 Å². The van der Waals surface area contributed by atoms with Gasteiger partial charge in [-0.25, -0.2) is 18.2 Å². The Morgan fingerprint density at radius 3 is 2.59 bits per heavy atom. The Kier molecular flexibility index (Phi) is 8.28. The molecule has 0 bridgehead atoms. The first kappa shape index (κ1) is 31.6. The smallest absolute Gasteiger partial charge is 0.319 e. The summed E-state index contributed by atoms with van der Waals surface area (Å²) in [4.78, 5) is 17.0. The SMILES string of the molecule is C[C@H](c1cccnc1N)N(C)c1nc(O[C@@H]2COC[C@@H]2N(C)C)nc2c(F)c(-c3c(F)cc(F)c4sc(N)c(C#N)c34)c(Cl)cc12. The fraction of sp³-hybridized carbons (Fsp3) is 0.290. The first-order valence-electron chi connectivity index (χ1n) is 14.1. The van der Waals surface area contributed by atoms with Crippen LogP contribution in [-0.2, 0) is 4.74 Å². The number of ether oxygens (including phenoxy) is 2. The van der Waals surface area contributed by atoms with Crippen molar-refractivity contribution in [3.63, 3.8) is 0 Å². The summed E-state index contributed by atoms with van der Waals surface area (Å²) in [6, 6.07) is 6.77. The molecule has 0 spiro atoms. The van der Waals surface area contributed by atoms with Crippen LogP contribution in [0.3, 0.4) is 0 Å². The summed E-state index contributed by atoms with van der Waals surface area (Å²) in [7, 11) is 5.50. The van der Waals surface area contributed by atoms with Gasteiger partial charge in [-0.15, -0.1) is 11.3 Å². The second-order valence-corrected chi connectivity index (χ2v) is 12.6. The van der Waals surface area contributed by atoms with E-state index in [9.17, 15) is 9.65 Å². The number of nitrogens with zero attached hydrogens (tertiary/aromatic N) is 6. The summed E-state index contributed by atoms with van der Waals surface area (Å²) in [5, 5.41) is 9.55. The third kappa shape index (κ3) is 5.19. The number of aromatic nitrogens is 3. The van der Waals surface area contributed by atoms with Gasteiger partial charge in [-0.1, -0.05) is 17.7 Å². The summed E-state index contributed by atoms with van der Waals surface area (Å²) in [5.41, 5.74) is 11.6. The normalized spacial score (nSPS) is 17.1.